The first-order valence-corrected chi connectivity index (χ1v) is 9.67. The van der Waals surface area contributed by atoms with Gasteiger partial charge in [-0.15, -0.1) is 0 Å². The molecule has 28 heavy (non-hydrogen) atoms. The van der Waals surface area contributed by atoms with Crippen molar-refractivity contribution < 1.29 is 14.3 Å². The highest BCUT2D eigenvalue weighted by molar-refractivity contribution is 9.10. The second-order valence-electron chi connectivity index (χ2n) is 6.63. The molecule has 3 rings (SSSR count). The van der Waals surface area contributed by atoms with Gasteiger partial charge in [-0.2, -0.15) is 10.4 Å². The van der Waals surface area contributed by atoms with E-state index >= 15 is 0 Å². The third kappa shape index (κ3) is 4.02. The number of ether oxygens (including phenoxy) is 1. The number of rotatable bonds is 5. The second-order valence-corrected chi connectivity index (χ2v) is 7.49. The smallest absolute Gasteiger partial charge is 0.339 e. The summed E-state index contributed by atoms with van der Waals surface area (Å²) in [5.41, 5.74) is 6.64. The molecule has 1 amide bonds. The monoisotopic (exact) mass is 445 g/mol. The van der Waals surface area contributed by atoms with Crippen LogP contribution in [0.2, 0.25) is 0 Å². The highest BCUT2D eigenvalue weighted by Crippen LogP contribution is 2.34. The minimum Gasteiger partial charge on any atom is -0.465 e. The molecule has 2 unspecified atom stereocenters. The number of methoxy groups -OCH3 is 1. The van der Waals surface area contributed by atoms with Crippen molar-refractivity contribution in [2.75, 3.05) is 12.4 Å². The largest absolute Gasteiger partial charge is 0.465 e. The molecule has 0 radical (unpaired) electrons. The number of halogens is 1. The quantitative estimate of drug-likeness (QED) is 0.678. The van der Waals surface area contributed by atoms with E-state index in [0.717, 1.165) is 25.7 Å². The Hall–Kier alpha value is -2.86. The molecule has 1 aromatic carbocycles. The van der Waals surface area contributed by atoms with Gasteiger partial charge in [-0.05, 0) is 47.0 Å². The van der Waals surface area contributed by atoms with Crippen molar-refractivity contribution in [3.8, 4) is 6.07 Å². The number of anilines is 2. The fraction of sp³-hybridized carbons (Fsp3) is 0.368. The molecule has 1 aliphatic rings. The molecule has 3 N–H and O–H groups in total. The van der Waals surface area contributed by atoms with Crippen molar-refractivity contribution in [1.29, 1.82) is 5.26 Å². The van der Waals surface area contributed by atoms with E-state index < -0.39 is 11.9 Å². The fourth-order valence-electron chi connectivity index (χ4n) is 3.42. The molecule has 1 fully saturated rings. The molecule has 2 aromatic rings. The number of esters is 1. The number of benzene rings is 1. The van der Waals surface area contributed by atoms with Gasteiger partial charge in [-0.25, -0.2) is 4.79 Å². The van der Waals surface area contributed by atoms with E-state index in [9.17, 15) is 14.9 Å². The van der Waals surface area contributed by atoms with Gasteiger partial charge in [-0.3, -0.25) is 9.48 Å². The van der Waals surface area contributed by atoms with Crippen molar-refractivity contribution in [2.45, 2.75) is 31.7 Å². The molecule has 0 spiro atoms. The van der Waals surface area contributed by atoms with Crippen LogP contribution in [-0.2, 0) is 4.74 Å². The zero-order valence-corrected chi connectivity index (χ0v) is 16.9. The van der Waals surface area contributed by atoms with E-state index in [0.29, 0.717) is 15.7 Å². The molecule has 1 heterocycles. The number of nitrogens with zero attached hydrogens (tertiary/aromatic N) is 3. The molecule has 8 nitrogen and oxygen atoms in total. The first kappa shape index (κ1) is 19.9. The molecule has 0 saturated heterocycles. The van der Waals surface area contributed by atoms with Gasteiger partial charge in [0.15, 0.2) is 5.82 Å². The summed E-state index contributed by atoms with van der Waals surface area (Å²) < 4.78 is 7.02. The molecule has 2 atom stereocenters. The molecule has 0 bridgehead atoms. The maximum absolute atomic E-state index is 11.9. The number of nitriles is 1. The van der Waals surface area contributed by atoms with Crippen LogP contribution in [0, 0.1) is 17.2 Å². The van der Waals surface area contributed by atoms with Crippen LogP contribution in [0.25, 0.3) is 0 Å². The van der Waals surface area contributed by atoms with Gasteiger partial charge in [0.1, 0.15) is 5.56 Å². The normalized spacial score (nSPS) is 18.9. The van der Waals surface area contributed by atoms with E-state index in [-0.39, 0.29) is 23.3 Å². The third-order valence-corrected chi connectivity index (χ3v) is 5.56. The first-order chi connectivity index (χ1) is 13.4. The topological polar surface area (TPSA) is 123 Å². The van der Waals surface area contributed by atoms with Crippen LogP contribution >= 0.6 is 15.9 Å². The summed E-state index contributed by atoms with van der Waals surface area (Å²) in [4.78, 5) is 23.8. The average Bonchev–Trinajstić information content (AvgIpc) is 3.12. The lowest BCUT2D eigenvalue weighted by atomic mass is 9.85. The molecule has 1 saturated carbocycles. The van der Waals surface area contributed by atoms with Crippen LogP contribution in [0.5, 0.6) is 0 Å². The van der Waals surface area contributed by atoms with Crippen LogP contribution in [0.4, 0.5) is 11.5 Å². The number of amides is 1. The maximum atomic E-state index is 11.9. The van der Waals surface area contributed by atoms with Gasteiger partial charge in [0.25, 0.3) is 5.91 Å². The van der Waals surface area contributed by atoms with E-state index in [1.807, 2.05) is 0 Å². The minimum atomic E-state index is -0.622. The maximum Gasteiger partial charge on any atom is 0.339 e. The van der Waals surface area contributed by atoms with Crippen LogP contribution in [0.3, 0.4) is 0 Å². The van der Waals surface area contributed by atoms with Crippen molar-refractivity contribution in [1.82, 2.24) is 9.78 Å². The Bertz CT molecular complexity index is 950. The summed E-state index contributed by atoms with van der Waals surface area (Å²) in [5, 5.41) is 17.0. The summed E-state index contributed by atoms with van der Waals surface area (Å²) in [6.07, 6.45) is 5.24. The SMILES string of the molecule is COC(=O)c1cc(Nc2nn(C3CCCCC3C#N)cc2C(N)=O)ccc1Br. The molecular formula is C19H20BrN5O3. The Morgan fingerprint density at radius 2 is 2.11 bits per heavy atom. The van der Waals surface area contributed by atoms with Crippen molar-refractivity contribution >= 4 is 39.3 Å². The zero-order valence-electron chi connectivity index (χ0n) is 15.3. The predicted molar refractivity (Wildman–Crippen MR) is 106 cm³/mol. The molecular weight excluding hydrogens is 426 g/mol. The predicted octanol–water partition coefficient (Wildman–Crippen LogP) is 3.53. The number of nitrogens with two attached hydrogens (primary N) is 1. The highest BCUT2D eigenvalue weighted by Gasteiger charge is 2.29. The average molecular weight is 446 g/mol. The van der Waals surface area contributed by atoms with Crippen molar-refractivity contribution in [3.63, 3.8) is 0 Å². The van der Waals surface area contributed by atoms with Crippen LogP contribution in [-0.4, -0.2) is 28.8 Å². The lowest BCUT2D eigenvalue weighted by molar-refractivity contribution is 0.0599. The van der Waals surface area contributed by atoms with E-state index in [1.165, 1.54) is 7.11 Å². The van der Waals surface area contributed by atoms with Gasteiger partial charge in [-0.1, -0.05) is 12.8 Å². The highest BCUT2D eigenvalue weighted by atomic mass is 79.9. The molecule has 146 valence electrons. The summed E-state index contributed by atoms with van der Waals surface area (Å²) in [6.45, 7) is 0. The van der Waals surface area contributed by atoms with Crippen LogP contribution in [0.15, 0.2) is 28.9 Å². The first-order valence-electron chi connectivity index (χ1n) is 8.88. The van der Waals surface area contributed by atoms with Gasteiger partial charge in [0.05, 0.1) is 30.7 Å². The number of carbonyl (C=O) groups excluding carboxylic acids is 2. The van der Waals surface area contributed by atoms with Crippen LogP contribution < -0.4 is 11.1 Å². The Morgan fingerprint density at radius 1 is 1.36 bits per heavy atom. The lowest BCUT2D eigenvalue weighted by Crippen LogP contribution is -2.22. The summed E-state index contributed by atoms with van der Waals surface area (Å²) in [7, 11) is 1.30. The van der Waals surface area contributed by atoms with E-state index in [1.54, 1.807) is 29.1 Å². The summed E-state index contributed by atoms with van der Waals surface area (Å²) in [5.74, 6) is -0.979. The Morgan fingerprint density at radius 3 is 2.79 bits per heavy atom. The number of carbonyl (C=O) groups is 2. The fourth-order valence-corrected chi connectivity index (χ4v) is 3.83. The number of hydrogen-bond donors (Lipinski definition) is 2. The number of primary amides is 1. The summed E-state index contributed by atoms with van der Waals surface area (Å²) >= 11 is 3.31. The molecule has 1 aromatic heterocycles. The number of nitrogens with one attached hydrogen (secondary N) is 1. The molecule has 9 heteroatoms. The lowest BCUT2D eigenvalue weighted by Gasteiger charge is -2.26. The molecule has 1 aliphatic carbocycles. The second kappa shape index (κ2) is 8.44. The summed E-state index contributed by atoms with van der Waals surface area (Å²) in [6, 6.07) is 7.27. The minimum absolute atomic E-state index is 0.0945. The molecule has 0 aliphatic heterocycles. The van der Waals surface area contributed by atoms with Crippen molar-refractivity contribution in [3.05, 3.63) is 40.0 Å². The third-order valence-electron chi connectivity index (χ3n) is 4.87. The Labute approximate surface area is 170 Å². The van der Waals surface area contributed by atoms with Gasteiger partial charge < -0.3 is 15.8 Å². The Kier molecular flexibility index (Phi) is 5.99. The van der Waals surface area contributed by atoms with E-state index in [2.05, 4.69) is 32.4 Å². The van der Waals surface area contributed by atoms with Crippen LogP contribution in [0.1, 0.15) is 52.4 Å². The van der Waals surface area contributed by atoms with Gasteiger partial charge in [0, 0.05) is 16.4 Å². The van der Waals surface area contributed by atoms with Gasteiger partial charge in [0.2, 0.25) is 0 Å². The van der Waals surface area contributed by atoms with Gasteiger partial charge >= 0.3 is 5.97 Å². The zero-order chi connectivity index (χ0) is 20.3. The standard InChI is InChI=1S/C19H20BrN5O3/c1-28-19(27)13-8-12(6-7-15(13)20)23-18-14(17(22)26)10-25(24-18)16-5-3-2-4-11(16)9-21/h6-8,10-11,16H,2-5H2,1H3,(H2,22,26)(H,23,24). The number of aromatic nitrogens is 2. The Balaban J connectivity index is 1.94. The number of hydrogen-bond acceptors (Lipinski definition) is 6. The van der Waals surface area contributed by atoms with E-state index in [4.69, 9.17) is 10.5 Å². The van der Waals surface area contributed by atoms with Crippen molar-refractivity contribution in [2.24, 2.45) is 11.7 Å².